The van der Waals surface area contributed by atoms with Crippen LogP contribution in [0.1, 0.15) is 30.2 Å². The van der Waals surface area contributed by atoms with E-state index in [4.69, 9.17) is 4.74 Å². The van der Waals surface area contributed by atoms with Crippen molar-refractivity contribution in [2.45, 2.75) is 19.9 Å². The highest BCUT2D eigenvalue weighted by atomic mass is 16.5. The fraction of sp³-hybridized carbons (Fsp3) is 0.500. The minimum absolute atomic E-state index is 0.302. The van der Waals surface area contributed by atoms with Crippen LogP contribution in [0.25, 0.3) is 0 Å². The lowest BCUT2D eigenvalue weighted by Gasteiger charge is -2.08. The number of nitrogens with zero attached hydrogens (tertiary/aromatic N) is 2. The molecule has 0 saturated carbocycles. The zero-order valence-electron chi connectivity index (χ0n) is 9.47. The maximum Gasteiger partial charge on any atom is 0.341 e. The lowest BCUT2D eigenvalue weighted by Crippen LogP contribution is -2.18. The smallest absolute Gasteiger partial charge is 0.341 e. The molecule has 0 fully saturated rings. The third-order valence-corrected chi connectivity index (χ3v) is 2.05. The van der Waals surface area contributed by atoms with Crippen LogP contribution in [0.15, 0.2) is 12.4 Å². The molecule has 1 aromatic heterocycles. The summed E-state index contributed by atoms with van der Waals surface area (Å²) in [5.74, 6) is -0.871. The predicted molar refractivity (Wildman–Crippen MR) is 54.9 cm³/mol. The topological polar surface area (TPSA) is 70.4 Å². The van der Waals surface area contributed by atoms with Gasteiger partial charge in [0, 0.05) is 6.20 Å². The predicted octanol–water partition coefficient (Wildman–Crippen LogP) is 0.794. The Balaban J connectivity index is 2.78. The molecular formula is C10H14N2O4. The number of rotatable bonds is 4. The Labute approximate surface area is 93.1 Å². The molecule has 1 aromatic rings. The van der Waals surface area contributed by atoms with Gasteiger partial charge in [0.1, 0.15) is 6.04 Å². The molecule has 1 rings (SSSR count). The molecule has 0 aliphatic heterocycles. The summed E-state index contributed by atoms with van der Waals surface area (Å²) in [6.07, 6.45) is 2.82. The van der Waals surface area contributed by atoms with Gasteiger partial charge in [-0.3, -0.25) is 4.68 Å². The number of carbonyl (C=O) groups is 2. The largest absolute Gasteiger partial charge is 0.467 e. The van der Waals surface area contributed by atoms with E-state index in [1.807, 2.05) is 0 Å². The maximum absolute atomic E-state index is 11.3. The molecule has 0 amide bonds. The second-order valence-corrected chi connectivity index (χ2v) is 3.13. The second kappa shape index (κ2) is 5.29. The Kier molecular flexibility index (Phi) is 4.04. The summed E-state index contributed by atoms with van der Waals surface area (Å²) in [5.41, 5.74) is 0.317. The van der Waals surface area contributed by atoms with E-state index in [2.05, 4.69) is 9.84 Å². The van der Waals surface area contributed by atoms with Crippen LogP contribution < -0.4 is 0 Å². The van der Waals surface area contributed by atoms with Crippen molar-refractivity contribution in [2.24, 2.45) is 0 Å². The van der Waals surface area contributed by atoms with Crippen LogP contribution >= 0.6 is 0 Å². The van der Waals surface area contributed by atoms with E-state index >= 15 is 0 Å². The number of esters is 2. The first-order valence-electron chi connectivity index (χ1n) is 4.89. The molecule has 88 valence electrons. The molecule has 0 bridgehead atoms. The molecule has 0 aliphatic carbocycles. The Morgan fingerprint density at radius 2 is 2.25 bits per heavy atom. The molecule has 0 saturated heterocycles. The van der Waals surface area contributed by atoms with Gasteiger partial charge in [0.05, 0.1) is 25.5 Å². The van der Waals surface area contributed by atoms with E-state index in [-0.39, 0.29) is 0 Å². The van der Waals surface area contributed by atoms with Gasteiger partial charge in [-0.1, -0.05) is 0 Å². The molecule has 0 N–H and O–H groups in total. The summed E-state index contributed by atoms with van der Waals surface area (Å²) in [4.78, 5) is 22.5. The van der Waals surface area contributed by atoms with Crippen LogP contribution in [0.2, 0.25) is 0 Å². The minimum atomic E-state index is -0.562. The summed E-state index contributed by atoms with van der Waals surface area (Å²) in [5, 5.41) is 3.90. The Morgan fingerprint density at radius 1 is 1.56 bits per heavy atom. The quantitative estimate of drug-likeness (QED) is 0.710. The van der Waals surface area contributed by atoms with Gasteiger partial charge >= 0.3 is 11.9 Å². The number of hydrogen-bond donors (Lipinski definition) is 0. The maximum atomic E-state index is 11.3. The zero-order valence-corrected chi connectivity index (χ0v) is 9.47. The summed E-state index contributed by atoms with van der Waals surface area (Å²) in [6.45, 7) is 3.66. The van der Waals surface area contributed by atoms with E-state index < -0.39 is 18.0 Å². The lowest BCUT2D eigenvalue weighted by atomic mass is 10.3. The van der Waals surface area contributed by atoms with Crippen LogP contribution in [-0.2, 0) is 14.3 Å². The molecule has 1 unspecified atom stereocenters. The van der Waals surface area contributed by atoms with Crippen molar-refractivity contribution in [1.82, 2.24) is 9.78 Å². The minimum Gasteiger partial charge on any atom is -0.467 e. The van der Waals surface area contributed by atoms with Gasteiger partial charge in [-0.15, -0.1) is 0 Å². The van der Waals surface area contributed by atoms with Crippen LogP contribution in [0.4, 0.5) is 0 Å². The molecule has 6 heteroatoms. The second-order valence-electron chi connectivity index (χ2n) is 3.13. The van der Waals surface area contributed by atoms with Crippen molar-refractivity contribution in [2.75, 3.05) is 13.7 Å². The Morgan fingerprint density at radius 3 is 2.81 bits per heavy atom. The summed E-state index contributed by atoms with van der Waals surface area (Å²) >= 11 is 0. The first-order chi connectivity index (χ1) is 7.60. The average molecular weight is 226 g/mol. The normalized spacial score (nSPS) is 11.9. The van der Waals surface area contributed by atoms with Crippen LogP contribution in [-0.4, -0.2) is 35.4 Å². The third-order valence-electron chi connectivity index (χ3n) is 2.05. The van der Waals surface area contributed by atoms with Gasteiger partial charge < -0.3 is 9.47 Å². The molecule has 0 spiro atoms. The van der Waals surface area contributed by atoms with Crippen molar-refractivity contribution in [3.8, 4) is 0 Å². The highest BCUT2D eigenvalue weighted by Gasteiger charge is 2.18. The third kappa shape index (κ3) is 2.59. The van der Waals surface area contributed by atoms with E-state index in [1.165, 1.54) is 24.2 Å². The van der Waals surface area contributed by atoms with Crippen LogP contribution in [0.3, 0.4) is 0 Å². The highest BCUT2D eigenvalue weighted by Crippen LogP contribution is 2.09. The standard InChI is InChI=1S/C10H14N2O4/c1-4-16-10(14)8-5-11-12(6-8)7(2)9(13)15-3/h5-7H,4H2,1-3H3. The van der Waals surface area contributed by atoms with Gasteiger partial charge in [-0.05, 0) is 13.8 Å². The monoisotopic (exact) mass is 226 g/mol. The van der Waals surface area contributed by atoms with Gasteiger partial charge in [0.2, 0.25) is 0 Å². The molecule has 16 heavy (non-hydrogen) atoms. The highest BCUT2D eigenvalue weighted by molar-refractivity contribution is 5.88. The molecular weight excluding hydrogens is 212 g/mol. The first kappa shape index (κ1) is 12.2. The number of hydrogen-bond acceptors (Lipinski definition) is 5. The molecule has 0 aliphatic rings. The Hall–Kier alpha value is -1.85. The zero-order chi connectivity index (χ0) is 12.1. The van der Waals surface area contributed by atoms with Crippen molar-refractivity contribution < 1.29 is 19.1 Å². The Bertz CT molecular complexity index is 386. The first-order valence-corrected chi connectivity index (χ1v) is 4.89. The lowest BCUT2D eigenvalue weighted by molar-refractivity contribution is -0.144. The summed E-state index contributed by atoms with van der Waals surface area (Å²) in [7, 11) is 1.30. The summed E-state index contributed by atoms with van der Waals surface area (Å²) < 4.78 is 10.7. The van der Waals surface area contributed by atoms with E-state index in [0.29, 0.717) is 12.2 Å². The van der Waals surface area contributed by atoms with Gasteiger partial charge in [-0.2, -0.15) is 5.10 Å². The average Bonchev–Trinajstić information content (AvgIpc) is 2.76. The van der Waals surface area contributed by atoms with Crippen molar-refractivity contribution in [3.63, 3.8) is 0 Å². The van der Waals surface area contributed by atoms with Crippen molar-refractivity contribution in [3.05, 3.63) is 18.0 Å². The van der Waals surface area contributed by atoms with E-state index in [9.17, 15) is 9.59 Å². The van der Waals surface area contributed by atoms with E-state index in [0.717, 1.165) is 0 Å². The van der Waals surface area contributed by atoms with Crippen LogP contribution in [0.5, 0.6) is 0 Å². The van der Waals surface area contributed by atoms with Crippen molar-refractivity contribution >= 4 is 11.9 Å². The SMILES string of the molecule is CCOC(=O)c1cnn(C(C)C(=O)OC)c1. The molecule has 6 nitrogen and oxygen atoms in total. The fourth-order valence-electron chi connectivity index (χ4n) is 1.15. The molecule has 1 atom stereocenters. The number of carbonyl (C=O) groups excluding carboxylic acids is 2. The van der Waals surface area contributed by atoms with Gasteiger partial charge in [-0.25, -0.2) is 9.59 Å². The van der Waals surface area contributed by atoms with Gasteiger partial charge in [0.25, 0.3) is 0 Å². The fourth-order valence-corrected chi connectivity index (χ4v) is 1.15. The molecule has 1 heterocycles. The number of methoxy groups -OCH3 is 1. The summed E-state index contributed by atoms with van der Waals surface area (Å²) in [6, 6.07) is -0.562. The molecule has 0 aromatic carbocycles. The molecule has 0 radical (unpaired) electrons. The van der Waals surface area contributed by atoms with Crippen LogP contribution in [0, 0.1) is 0 Å². The van der Waals surface area contributed by atoms with Crippen molar-refractivity contribution in [1.29, 1.82) is 0 Å². The number of aromatic nitrogens is 2. The number of ether oxygens (including phenoxy) is 2. The van der Waals surface area contributed by atoms with E-state index in [1.54, 1.807) is 13.8 Å². The van der Waals surface area contributed by atoms with Gasteiger partial charge in [0.15, 0.2) is 0 Å².